The van der Waals surface area contributed by atoms with Gasteiger partial charge in [0.15, 0.2) is 0 Å². The maximum absolute atomic E-state index is 12.6. The second-order valence-electron chi connectivity index (χ2n) is 6.50. The first-order valence-corrected chi connectivity index (χ1v) is 9.58. The van der Waals surface area contributed by atoms with Gasteiger partial charge in [0.05, 0.1) is 16.9 Å². The minimum absolute atomic E-state index is 0.208. The number of hydrogen-bond donors (Lipinski definition) is 1. The molecule has 1 saturated heterocycles. The highest BCUT2D eigenvalue weighted by atomic mass is 79.9. The molecular weight excluding hydrogens is 410 g/mol. The number of nitrogens with one attached hydrogen (secondary N) is 1. The van der Waals surface area contributed by atoms with Gasteiger partial charge in [-0.2, -0.15) is 0 Å². The maximum atomic E-state index is 12.6. The Morgan fingerprint density at radius 3 is 2.89 bits per heavy atom. The molecule has 0 bridgehead atoms. The van der Waals surface area contributed by atoms with E-state index in [2.05, 4.69) is 25.9 Å². The minimum atomic E-state index is -0.389. The Balaban J connectivity index is 1.56. The molecule has 1 amide bonds. The third-order valence-electron chi connectivity index (χ3n) is 4.69. The van der Waals surface area contributed by atoms with Crippen LogP contribution in [0, 0.1) is 0 Å². The van der Waals surface area contributed by atoms with E-state index in [1.165, 1.54) is 0 Å². The molecule has 4 rings (SSSR count). The number of aromatic amines is 1. The predicted molar refractivity (Wildman–Crippen MR) is 105 cm³/mol. The summed E-state index contributed by atoms with van der Waals surface area (Å²) in [6.07, 6.45) is 1.19. The molecule has 3 aromatic rings. The highest BCUT2D eigenvalue weighted by molar-refractivity contribution is 9.10. The first kappa shape index (κ1) is 17.7. The first-order valence-electron chi connectivity index (χ1n) is 8.78. The summed E-state index contributed by atoms with van der Waals surface area (Å²) in [6, 6.07) is 14.7. The number of rotatable bonds is 3. The normalized spacial score (nSPS) is 16.6. The number of carbonyl (C=O) groups is 1. The first-order chi connectivity index (χ1) is 13.1. The molecule has 27 heavy (non-hydrogen) atoms. The van der Waals surface area contributed by atoms with Gasteiger partial charge >= 0.3 is 6.09 Å². The van der Waals surface area contributed by atoms with E-state index in [1.54, 1.807) is 17.0 Å². The summed E-state index contributed by atoms with van der Waals surface area (Å²) < 4.78 is 6.28. The minimum Gasteiger partial charge on any atom is -0.445 e. The number of fused-ring (bicyclic) bond motifs is 1. The van der Waals surface area contributed by atoms with Gasteiger partial charge in [-0.25, -0.2) is 9.78 Å². The monoisotopic (exact) mass is 427 g/mol. The molecule has 0 aliphatic carbocycles. The van der Waals surface area contributed by atoms with Gasteiger partial charge in [-0.1, -0.05) is 46.3 Å². The highest BCUT2D eigenvalue weighted by Gasteiger charge is 2.33. The number of hydrogen-bond acceptors (Lipinski definition) is 4. The van der Waals surface area contributed by atoms with E-state index in [0.29, 0.717) is 23.3 Å². The van der Waals surface area contributed by atoms with Crippen molar-refractivity contribution in [3.05, 3.63) is 74.7 Å². The van der Waals surface area contributed by atoms with Gasteiger partial charge in [0.25, 0.3) is 5.56 Å². The molecule has 1 fully saturated rings. The maximum Gasteiger partial charge on any atom is 0.410 e. The van der Waals surface area contributed by atoms with Crippen LogP contribution in [0.2, 0.25) is 0 Å². The van der Waals surface area contributed by atoms with Crippen molar-refractivity contribution in [2.45, 2.75) is 25.5 Å². The molecule has 2 aromatic carbocycles. The van der Waals surface area contributed by atoms with E-state index in [9.17, 15) is 9.59 Å². The van der Waals surface area contributed by atoms with Crippen LogP contribution in [0.25, 0.3) is 10.9 Å². The van der Waals surface area contributed by atoms with Gasteiger partial charge in [0.2, 0.25) is 0 Å². The van der Waals surface area contributed by atoms with Crippen LogP contribution in [0.5, 0.6) is 0 Å². The van der Waals surface area contributed by atoms with Crippen molar-refractivity contribution in [2.24, 2.45) is 0 Å². The van der Waals surface area contributed by atoms with Gasteiger partial charge in [-0.15, -0.1) is 0 Å². The molecule has 6 nitrogen and oxygen atoms in total. The molecule has 0 saturated carbocycles. The number of aromatic nitrogens is 2. The fourth-order valence-electron chi connectivity index (χ4n) is 3.36. The van der Waals surface area contributed by atoms with Crippen molar-refractivity contribution in [3.8, 4) is 0 Å². The van der Waals surface area contributed by atoms with Crippen molar-refractivity contribution in [3.63, 3.8) is 0 Å². The van der Waals surface area contributed by atoms with Crippen LogP contribution < -0.4 is 5.56 Å². The summed E-state index contributed by atoms with van der Waals surface area (Å²) in [6.45, 7) is 0.805. The van der Waals surface area contributed by atoms with Crippen molar-refractivity contribution >= 4 is 32.9 Å². The zero-order chi connectivity index (χ0) is 18.8. The molecule has 1 aliphatic rings. The van der Waals surface area contributed by atoms with Crippen LogP contribution in [0.15, 0.2) is 57.8 Å². The second-order valence-corrected chi connectivity index (χ2v) is 7.42. The summed E-state index contributed by atoms with van der Waals surface area (Å²) in [7, 11) is 0. The lowest BCUT2D eigenvalue weighted by molar-refractivity contribution is 0.0908. The Kier molecular flexibility index (Phi) is 4.94. The average Bonchev–Trinajstić information content (AvgIpc) is 3.17. The Hall–Kier alpha value is -2.67. The van der Waals surface area contributed by atoms with Crippen LogP contribution in [-0.2, 0) is 11.3 Å². The van der Waals surface area contributed by atoms with Crippen LogP contribution in [0.1, 0.15) is 30.3 Å². The van der Waals surface area contributed by atoms with E-state index in [1.807, 2.05) is 36.4 Å². The topological polar surface area (TPSA) is 75.3 Å². The highest BCUT2D eigenvalue weighted by Crippen LogP contribution is 2.31. The molecule has 1 aromatic heterocycles. The fraction of sp³-hybridized carbons (Fsp3) is 0.250. The van der Waals surface area contributed by atoms with E-state index in [0.717, 1.165) is 22.9 Å². The number of amides is 1. The summed E-state index contributed by atoms with van der Waals surface area (Å²) in [5.74, 6) is 0.504. The summed E-state index contributed by atoms with van der Waals surface area (Å²) in [5.41, 5.74) is 1.34. The van der Waals surface area contributed by atoms with Crippen molar-refractivity contribution < 1.29 is 9.53 Å². The molecular formula is C20H18BrN3O3. The number of halogens is 1. The van der Waals surface area contributed by atoms with Crippen molar-refractivity contribution in [1.82, 2.24) is 14.9 Å². The second kappa shape index (κ2) is 7.52. The molecule has 0 radical (unpaired) electrons. The van der Waals surface area contributed by atoms with Crippen LogP contribution in [0.4, 0.5) is 4.79 Å². The van der Waals surface area contributed by atoms with E-state index < -0.39 is 0 Å². The number of likely N-dealkylation sites (tertiary alicyclic amines) is 1. The number of carbonyl (C=O) groups excluding carboxylic acids is 1. The molecule has 138 valence electrons. The lowest BCUT2D eigenvalue weighted by atomic mass is 10.2. The summed E-state index contributed by atoms with van der Waals surface area (Å²) in [5, 5.41) is 0.518. The molecule has 1 aliphatic heterocycles. The third kappa shape index (κ3) is 3.73. The van der Waals surface area contributed by atoms with Gasteiger partial charge in [-0.05, 0) is 36.6 Å². The van der Waals surface area contributed by atoms with Crippen molar-refractivity contribution in [1.29, 1.82) is 0 Å². The Morgan fingerprint density at radius 1 is 1.26 bits per heavy atom. The smallest absolute Gasteiger partial charge is 0.410 e. The third-order valence-corrected chi connectivity index (χ3v) is 5.19. The Morgan fingerprint density at radius 2 is 2.07 bits per heavy atom. The quantitative estimate of drug-likeness (QED) is 0.680. The van der Waals surface area contributed by atoms with Crippen LogP contribution >= 0.6 is 15.9 Å². The lowest BCUT2D eigenvalue weighted by Crippen LogP contribution is -2.32. The summed E-state index contributed by atoms with van der Waals surface area (Å²) >= 11 is 3.37. The van der Waals surface area contributed by atoms with E-state index in [4.69, 9.17) is 4.74 Å². The van der Waals surface area contributed by atoms with Gasteiger partial charge in [-0.3, -0.25) is 9.69 Å². The molecule has 0 unspecified atom stereocenters. The van der Waals surface area contributed by atoms with Gasteiger partial charge < -0.3 is 9.72 Å². The number of benzene rings is 2. The Labute approximate surface area is 164 Å². The van der Waals surface area contributed by atoms with Crippen molar-refractivity contribution in [2.75, 3.05) is 6.54 Å². The molecule has 2 heterocycles. The van der Waals surface area contributed by atoms with Gasteiger partial charge in [0.1, 0.15) is 12.4 Å². The largest absolute Gasteiger partial charge is 0.445 e. The fourth-order valence-corrected chi connectivity index (χ4v) is 3.72. The number of ether oxygens (including phenoxy) is 1. The zero-order valence-electron chi connectivity index (χ0n) is 14.5. The van der Waals surface area contributed by atoms with Gasteiger partial charge in [0, 0.05) is 11.0 Å². The van der Waals surface area contributed by atoms with Crippen LogP contribution in [0.3, 0.4) is 0 Å². The molecule has 0 spiro atoms. The SMILES string of the molecule is O=C(OCc1ccccc1)N1CCC[C@H]1c1nc2ccc(Br)cc2c(=O)[nH]1. The summed E-state index contributed by atoms with van der Waals surface area (Å²) in [4.78, 5) is 34.1. The average molecular weight is 428 g/mol. The molecule has 1 N–H and O–H groups in total. The standard InChI is InChI=1S/C20H18BrN3O3/c21-14-8-9-16-15(11-14)19(25)23-18(22-16)17-7-4-10-24(17)20(26)27-12-13-5-2-1-3-6-13/h1-3,5-6,8-9,11,17H,4,7,10,12H2,(H,22,23,25)/t17-/m0/s1. The zero-order valence-corrected chi connectivity index (χ0v) is 16.1. The molecule has 1 atom stereocenters. The lowest BCUT2D eigenvalue weighted by Gasteiger charge is -2.23. The molecule has 7 heteroatoms. The van der Waals surface area contributed by atoms with E-state index >= 15 is 0 Å². The predicted octanol–water partition coefficient (Wildman–Crippen LogP) is 4.16. The van der Waals surface area contributed by atoms with E-state index in [-0.39, 0.29) is 24.3 Å². The number of H-pyrrole nitrogens is 1. The van der Waals surface area contributed by atoms with Crippen LogP contribution in [-0.4, -0.2) is 27.5 Å². The number of nitrogens with zero attached hydrogens (tertiary/aromatic N) is 2. The Bertz CT molecular complexity index is 1040.